The fraction of sp³-hybridized carbons (Fsp3) is 0.294. The van der Waals surface area contributed by atoms with Crippen molar-refractivity contribution in [3.63, 3.8) is 0 Å². The Morgan fingerprint density at radius 2 is 1.67 bits per heavy atom. The largest absolute Gasteiger partial charge is 0.379 e. The molecule has 4 heteroatoms. The maximum Gasteiger partial charge on any atom is 0.339 e. The second kappa shape index (κ2) is 5.53. The third kappa shape index (κ3) is 2.95. The number of hydrogen-bond donors (Lipinski definition) is 0. The van der Waals surface area contributed by atoms with Gasteiger partial charge in [-0.1, -0.05) is 29.8 Å². The molecule has 0 aliphatic heterocycles. The van der Waals surface area contributed by atoms with Crippen LogP contribution in [-0.4, -0.2) is 8.42 Å². The molecule has 0 amide bonds. The van der Waals surface area contributed by atoms with Gasteiger partial charge in [0.15, 0.2) is 0 Å². The fourth-order valence-electron chi connectivity index (χ4n) is 2.70. The van der Waals surface area contributed by atoms with Gasteiger partial charge in [0, 0.05) is 0 Å². The molecule has 0 bridgehead atoms. The quantitative estimate of drug-likeness (QED) is 0.813. The molecule has 0 saturated carbocycles. The highest BCUT2D eigenvalue weighted by molar-refractivity contribution is 7.87. The Kier molecular flexibility index (Phi) is 3.72. The van der Waals surface area contributed by atoms with Gasteiger partial charge in [0.25, 0.3) is 0 Å². The summed E-state index contributed by atoms with van der Waals surface area (Å²) in [5, 5.41) is 0. The van der Waals surface area contributed by atoms with Crippen LogP contribution in [0.4, 0.5) is 0 Å². The Balaban J connectivity index is 1.94. The van der Waals surface area contributed by atoms with Gasteiger partial charge in [-0.25, -0.2) is 0 Å². The van der Waals surface area contributed by atoms with Crippen molar-refractivity contribution < 1.29 is 12.6 Å². The SMILES string of the molecule is Cc1ccc(S(=O)(=O)Oc2cccc3c2CCCC3)cc1. The lowest BCUT2D eigenvalue weighted by Crippen LogP contribution is -2.13. The van der Waals surface area contributed by atoms with Gasteiger partial charge in [-0.3, -0.25) is 0 Å². The number of rotatable bonds is 3. The van der Waals surface area contributed by atoms with Gasteiger partial charge in [0.2, 0.25) is 0 Å². The van der Waals surface area contributed by atoms with E-state index in [1.807, 2.05) is 13.0 Å². The van der Waals surface area contributed by atoms with Crippen molar-refractivity contribution in [3.8, 4) is 5.75 Å². The molecule has 0 aromatic heterocycles. The third-order valence-electron chi connectivity index (χ3n) is 3.86. The zero-order valence-electron chi connectivity index (χ0n) is 12.0. The molecule has 0 atom stereocenters. The molecule has 0 fully saturated rings. The maximum absolute atomic E-state index is 12.4. The van der Waals surface area contributed by atoms with Crippen molar-refractivity contribution >= 4 is 10.1 Å². The Labute approximate surface area is 125 Å². The summed E-state index contributed by atoms with van der Waals surface area (Å²) in [7, 11) is -3.76. The van der Waals surface area contributed by atoms with E-state index in [4.69, 9.17) is 4.18 Å². The first-order valence-corrected chi connectivity index (χ1v) is 8.59. The number of benzene rings is 2. The summed E-state index contributed by atoms with van der Waals surface area (Å²) in [5.74, 6) is 0.479. The molecule has 2 aromatic rings. The summed E-state index contributed by atoms with van der Waals surface area (Å²) < 4.78 is 30.2. The molecule has 21 heavy (non-hydrogen) atoms. The van der Waals surface area contributed by atoms with E-state index >= 15 is 0 Å². The van der Waals surface area contributed by atoms with Crippen molar-refractivity contribution in [1.82, 2.24) is 0 Å². The van der Waals surface area contributed by atoms with Crippen LogP contribution in [0.25, 0.3) is 0 Å². The van der Waals surface area contributed by atoms with E-state index < -0.39 is 10.1 Å². The van der Waals surface area contributed by atoms with E-state index in [1.54, 1.807) is 30.3 Å². The molecule has 0 spiro atoms. The van der Waals surface area contributed by atoms with Crippen molar-refractivity contribution in [3.05, 3.63) is 59.2 Å². The van der Waals surface area contributed by atoms with Crippen LogP contribution in [0.2, 0.25) is 0 Å². The molecule has 0 unspecified atom stereocenters. The minimum atomic E-state index is -3.76. The molecular weight excluding hydrogens is 284 g/mol. The summed E-state index contributed by atoms with van der Waals surface area (Å²) in [6, 6.07) is 12.4. The molecule has 3 nitrogen and oxygen atoms in total. The van der Waals surface area contributed by atoms with Crippen LogP contribution in [-0.2, 0) is 23.0 Å². The average Bonchev–Trinajstić information content (AvgIpc) is 2.48. The molecule has 0 heterocycles. The second-order valence-corrected chi connectivity index (χ2v) is 7.00. The van der Waals surface area contributed by atoms with Crippen molar-refractivity contribution in [2.45, 2.75) is 37.5 Å². The summed E-state index contributed by atoms with van der Waals surface area (Å²) in [6.45, 7) is 1.92. The van der Waals surface area contributed by atoms with Crippen LogP contribution in [0.15, 0.2) is 47.4 Å². The smallest absolute Gasteiger partial charge is 0.339 e. The fourth-order valence-corrected chi connectivity index (χ4v) is 3.65. The monoisotopic (exact) mass is 302 g/mol. The van der Waals surface area contributed by atoms with Crippen molar-refractivity contribution in [2.75, 3.05) is 0 Å². The lowest BCUT2D eigenvalue weighted by atomic mass is 9.91. The highest BCUT2D eigenvalue weighted by Crippen LogP contribution is 2.31. The van der Waals surface area contributed by atoms with Crippen LogP contribution < -0.4 is 4.18 Å². The molecule has 110 valence electrons. The van der Waals surface area contributed by atoms with Gasteiger partial charge in [-0.05, 0) is 61.9 Å². The highest BCUT2D eigenvalue weighted by Gasteiger charge is 2.20. The van der Waals surface area contributed by atoms with Gasteiger partial charge in [-0.15, -0.1) is 0 Å². The minimum absolute atomic E-state index is 0.196. The topological polar surface area (TPSA) is 43.4 Å². The minimum Gasteiger partial charge on any atom is -0.379 e. The number of hydrogen-bond acceptors (Lipinski definition) is 3. The Hall–Kier alpha value is -1.81. The molecule has 0 N–H and O–H groups in total. The Morgan fingerprint density at radius 3 is 2.43 bits per heavy atom. The Morgan fingerprint density at radius 1 is 0.952 bits per heavy atom. The van der Waals surface area contributed by atoms with Crippen LogP contribution in [0.1, 0.15) is 29.5 Å². The van der Waals surface area contributed by atoms with Crippen LogP contribution in [0, 0.1) is 6.92 Å². The summed E-state index contributed by atoms with van der Waals surface area (Å²) >= 11 is 0. The average molecular weight is 302 g/mol. The normalized spacial score (nSPS) is 14.5. The summed E-state index contributed by atoms with van der Waals surface area (Å²) in [4.78, 5) is 0.196. The number of fused-ring (bicyclic) bond motifs is 1. The molecule has 1 aliphatic rings. The first-order valence-electron chi connectivity index (χ1n) is 7.18. The van der Waals surface area contributed by atoms with Gasteiger partial charge >= 0.3 is 10.1 Å². The van der Waals surface area contributed by atoms with E-state index in [-0.39, 0.29) is 4.90 Å². The van der Waals surface area contributed by atoms with Gasteiger partial charge < -0.3 is 4.18 Å². The molecule has 1 aliphatic carbocycles. The van der Waals surface area contributed by atoms with Crippen molar-refractivity contribution in [1.29, 1.82) is 0 Å². The van der Waals surface area contributed by atoms with Crippen LogP contribution in [0.3, 0.4) is 0 Å². The van der Waals surface area contributed by atoms with Gasteiger partial charge in [0.1, 0.15) is 10.6 Å². The summed E-state index contributed by atoms with van der Waals surface area (Å²) in [5.41, 5.74) is 3.27. The van der Waals surface area contributed by atoms with Crippen molar-refractivity contribution in [2.24, 2.45) is 0 Å². The lowest BCUT2D eigenvalue weighted by molar-refractivity contribution is 0.479. The zero-order chi connectivity index (χ0) is 14.9. The first kappa shape index (κ1) is 14.1. The van der Waals surface area contributed by atoms with Gasteiger partial charge in [0.05, 0.1) is 0 Å². The molecular formula is C17H18O3S. The summed E-state index contributed by atoms with van der Waals surface area (Å²) in [6.07, 6.45) is 4.12. The molecule has 3 rings (SSSR count). The third-order valence-corrected chi connectivity index (χ3v) is 5.11. The zero-order valence-corrected chi connectivity index (χ0v) is 12.8. The van der Waals surface area contributed by atoms with E-state index in [9.17, 15) is 8.42 Å². The second-order valence-electron chi connectivity index (χ2n) is 5.45. The standard InChI is InChI=1S/C17H18O3S/c1-13-9-11-15(12-10-13)21(18,19)20-17-8-4-6-14-5-2-3-7-16(14)17/h4,6,8-12H,2-3,5,7H2,1H3. The van der Waals surface area contributed by atoms with Crippen LogP contribution in [0.5, 0.6) is 5.75 Å². The molecule has 0 radical (unpaired) electrons. The first-order chi connectivity index (χ1) is 10.1. The Bertz CT molecular complexity index is 746. The van der Waals surface area contributed by atoms with E-state index in [1.165, 1.54) is 5.56 Å². The molecule has 2 aromatic carbocycles. The maximum atomic E-state index is 12.4. The highest BCUT2D eigenvalue weighted by atomic mass is 32.2. The van der Waals surface area contributed by atoms with Crippen LogP contribution >= 0.6 is 0 Å². The number of aryl methyl sites for hydroxylation is 2. The lowest BCUT2D eigenvalue weighted by Gasteiger charge is -2.19. The predicted molar refractivity (Wildman–Crippen MR) is 82.1 cm³/mol. The van der Waals surface area contributed by atoms with E-state index in [0.29, 0.717) is 5.75 Å². The predicted octanol–water partition coefficient (Wildman–Crippen LogP) is 3.64. The van der Waals surface area contributed by atoms with E-state index in [2.05, 4.69) is 6.07 Å². The molecule has 0 saturated heterocycles. The van der Waals surface area contributed by atoms with E-state index in [0.717, 1.165) is 36.8 Å². The van der Waals surface area contributed by atoms with Gasteiger partial charge in [-0.2, -0.15) is 8.42 Å².